The van der Waals surface area contributed by atoms with Crippen molar-refractivity contribution in [2.75, 3.05) is 11.9 Å². The summed E-state index contributed by atoms with van der Waals surface area (Å²) in [6.45, 7) is 0. The molecule has 4 atom stereocenters. The number of hydrogen-bond acceptors (Lipinski definition) is 7. The molecule has 9 heteroatoms. The van der Waals surface area contributed by atoms with Gasteiger partial charge in [-0.1, -0.05) is 6.42 Å². The van der Waals surface area contributed by atoms with Crippen LogP contribution in [0.15, 0.2) is 43.1 Å². The number of piperidine rings is 2. The zero-order chi connectivity index (χ0) is 20.7. The SMILES string of the molecule is CN(c1cnc(-c2ccc(-n3ccnc3)cc2O)nn1)[C@H]1CC2CCCC(N2)[C@H]1F. The van der Waals surface area contributed by atoms with Gasteiger partial charge in [0.1, 0.15) is 11.9 Å². The van der Waals surface area contributed by atoms with E-state index in [2.05, 4.69) is 25.5 Å². The molecule has 8 nitrogen and oxygen atoms in total. The smallest absolute Gasteiger partial charge is 0.185 e. The second kappa shape index (κ2) is 7.64. The summed E-state index contributed by atoms with van der Waals surface area (Å²) in [6, 6.07) is 5.25. The van der Waals surface area contributed by atoms with Crippen LogP contribution in [-0.4, -0.2) is 61.2 Å². The number of anilines is 1. The highest BCUT2D eigenvalue weighted by Gasteiger charge is 2.42. The lowest BCUT2D eigenvalue weighted by Gasteiger charge is -2.45. The van der Waals surface area contributed by atoms with E-state index in [1.165, 1.54) is 0 Å². The molecule has 1 aromatic carbocycles. The zero-order valence-corrected chi connectivity index (χ0v) is 16.7. The topological polar surface area (TPSA) is 92.0 Å². The summed E-state index contributed by atoms with van der Waals surface area (Å²) in [5.74, 6) is 0.904. The van der Waals surface area contributed by atoms with E-state index >= 15 is 0 Å². The summed E-state index contributed by atoms with van der Waals surface area (Å²) in [5.41, 5.74) is 1.27. The van der Waals surface area contributed by atoms with E-state index < -0.39 is 6.17 Å². The van der Waals surface area contributed by atoms with Crippen molar-refractivity contribution in [1.82, 2.24) is 30.0 Å². The van der Waals surface area contributed by atoms with Crippen LogP contribution in [0.3, 0.4) is 0 Å². The standard InChI is InChI=1S/C21H24FN7O/c1-28(17-9-13-3-2-4-16(25-13)20(17)22)19-11-24-21(27-26-19)15-6-5-14(10-18(15)30)29-8-7-23-12-29/h5-8,10-13,16-17,20,25,30H,2-4,9H2,1H3/t13?,16?,17-,20+/m0/s1. The van der Waals surface area contributed by atoms with Crippen LogP contribution < -0.4 is 10.2 Å². The van der Waals surface area contributed by atoms with Gasteiger partial charge in [-0.25, -0.2) is 14.4 Å². The first-order valence-electron chi connectivity index (χ1n) is 10.2. The number of fused-ring (bicyclic) bond motifs is 2. The van der Waals surface area contributed by atoms with E-state index in [-0.39, 0.29) is 17.8 Å². The number of hydrogen-bond donors (Lipinski definition) is 2. The van der Waals surface area contributed by atoms with Gasteiger partial charge in [0.2, 0.25) is 0 Å². The maximum atomic E-state index is 15.0. The molecule has 2 aliphatic heterocycles. The Morgan fingerprint density at radius 2 is 2.17 bits per heavy atom. The monoisotopic (exact) mass is 409 g/mol. The van der Waals surface area contributed by atoms with Gasteiger partial charge in [-0.3, -0.25) is 0 Å². The number of phenols is 1. The van der Waals surface area contributed by atoms with E-state index in [1.807, 2.05) is 18.0 Å². The average Bonchev–Trinajstić information content (AvgIpc) is 3.31. The van der Waals surface area contributed by atoms with Crippen LogP contribution in [-0.2, 0) is 0 Å². The number of nitrogens with one attached hydrogen (secondary N) is 1. The van der Waals surface area contributed by atoms with Gasteiger partial charge in [-0.2, -0.15) is 0 Å². The number of aromatic hydroxyl groups is 1. The summed E-state index contributed by atoms with van der Waals surface area (Å²) in [6.07, 6.45) is 9.55. The van der Waals surface area contributed by atoms with Crippen LogP contribution >= 0.6 is 0 Å². The lowest BCUT2D eigenvalue weighted by Crippen LogP contribution is -2.61. The maximum absolute atomic E-state index is 15.0. The third-order valence-corrected chi connectivity index (χ3v) is 6.23. The van der Waals surface area contributed by atoms with E-state index in [0.717, 1.165) is 31.4 Å². The van der Waals surface area contributed by atoms with Gasteiger partial charge >= 0.3 is 0 Å². The normalized spacial score (nSPS) is 25.8. The Morgan fingerprint density at radius 1 is 1.27 bits per heavy atom. The van der Waals surface area contributed by atoms with Gasteiger partial charge in [0, 0.05) is 37.6 Å². The summed E-state index contributed by atoms with van der Waals surface area (Å²) in [5, 5.41) is 22.3. The van der Waals surface area contributed by atoms with Gasteiger partial charge in [0.25, 0.3) is 0 Å². The summed E-state index contributed by atoms with van der Waals surface area (Å²) in [7, 11) is 1.85. The summed E-state index contributed by atoms with van der Waals surface area (Å²) < 4.78 is 16.8. The number of phenolic OH excluding ortho intramolecular Hbond substituents is 1. The Morgan fingerprint density at radius 3 is 2.90 bits per heavy atom. The molecular weight excluding hydrogens is 385 g/mol. The first-order chi connectivity index (χ1) is 14.6. The minimum absolute atomic E-state index is 0.0547. The fourth-order valence-corrected chi connectivity index (χ4v) is 4.56. The van der Waals surface area contributed by atoms with E-state index in [4.69, 9.17) is 0 Å². The van der Waals surface area contributed by atoms with Gasteiger partial charge < -0.3 is 19.9 Å². The molecule has 2 fully saturated rings. The molecule has 4 heterocycles. The highest BCUT2D eigenvalue weighted by Crippen LogP contribution is 2.32. The molecule has 0 amide bonds. The zero-order valence-electron chi connectivity index (χ0n) is 16.7. The van der Waals surface area contributed by atoms with Gasteiger partial charge in [-0.15, -0.1) is 10.2 Å². The lowest BCUT2D eigenvalue weighted by atomic mass is 9.82. The van der Waals surface area contributed by atoms with Crippen LogP contribution in [0.1, 0.15) is 25.7 Å². The number of imidazole rings is 1. The summed E-state index contributed by atoms with van der Waals surface area (Å²) in [4.78, 5) is 10.2. The van der Waals surface area contributed by atoms with Crippen LogP contribution in [0, 0.1) is 0 Å². The predicted molar refractivity (Wildman–Crippen MR) is 110 cm³/mol. The van der Waals surface area contributed by atoms with Gasteiger partial charge in [0.05, 0.1) is 29.8 Å². The van der Waals surface area contributed by atoms with E-state index in [1.54, 1.807) is 41.6 Å². The third-order valence-electron chi connectivity index (χ3n) is 6.23. The van der Waals surface area contributed by atoms with Crippen molar-refractivity contribution in [2.45, 2.75) is 50.0 Å². The van der Waals surface area contributed by atoms with Gasteiger partial charge in [-0.05, 0) is 31.4 Å². The predicted octanol–water partition coefficient (Wildman–Crippen LogP) is 2.49. The number of nitrogens with zero attached hydrogens (tertiary/aromatic N) is 6. The quantitative estimate of drug-likeness (QED) is 0.684. The molecule has 5 rings (SSSR count). The number of aromatic nitrogens is 5. The number of benzene rings is 1. The van der Waals surface area contributed by atoms with Crippen LogP contribution in [0.25, 0.3) is 17.1 Å². The van der Waals surface area contributed by atoms with Crippen molar-refractivity contribution in [1.29, 1.82) is 0 Å². The van der Waals surface area contributed by atoms with Crippen LogP contribution in [0.2, 0.25) is 0 Å². The van der Waals surface area contributed by atoms with Crippen molar-refractivity contribution in [3.05, 3.63) is 43.1 Å². The fraction of sp³-hybridized carbons (Fsp3) is 0.429. The van der Waals surface area contributed by atoms with Crippen molar-refractivity contribution in [3.63, 3.8) is 0 Å². The third kappa shape index (κ3) is 3.39. The number of rotatable bonds is 4. The molecule has 2 bridgehead atoms. The fourth-order valence-electron chi connectivity index (χ4n) is 4.56. The average molecular weight is 409 g/mol. The first-order valence-corrected chi connectivity index (χ1v) is 10.2. The molecule has 0 aliphatic carbocycles. The maximum Gasteiger partial charge on any atom is 0.185 e. The second-order valence-corrected chi connectivity index (χ2v) is 8.07. The Hall–Kier alpha value is -3.07. The minimum atomic E-state index is -0.951. The second-order valence-electron chi connectivity index (χ2n) is 8.07. The molecule has 0 spiro atoms. The Labute approximate surface area is 173 Å². The molecule has 0 radical (unpaired) electrons. The van der Waals surface area contributed by atoms with E-state index in [9.17, 15) is 9.50 Å². The minimum Gasteiger partial charge on any atom is -0.507 e. The highest BCUT2D eigenvalue weighted by molar-refractivity contribution is 5.66. The Bertz CT molecular complexity index is 1010. The molecule has 0 saturated carbocycles. The molecule has 156 valence electrons. The molecule has 2 N–H and O–H groups in total. The lowest BCUT2D eigenvalue weighted by molar-refractivity contribution is 0.107. The van der Waals surface area contributed by atoms with Gasteiger partial charge in [0.15, 0.2) is 11.6 Å². The van der Waals surface area contributed by atoms with Crippen molar-refractivity contribution in [3.8, 4) is 22.8 Å². The van der Waals surface area contributed by atoms with Crippen LogP contribution in [0.4, 0.5) is 10.2 Å². The van der Waals surface area contributed by atoms with Crippen molar-refractivity contribution >= 4 is 5.82 Å². The van der Waals surface area contributed by atoms with Crippen molar-refractivity contribution < 1.29 is 9.50 Å². The van der Waals surface area contributed by atoms with Crippen LogP contribution in [0.5, 0.6) is 5.75 Å². The molecule has 30 heavy (non-hydrogen) atoms. The molecule has 2 aromatic heterocycles. The Balaban J connectivity index is 1.35. The number of halogens is 1. The molecule has 2 aliphatic rings. The van der Waals surface area contributed by atoms with E-state index in [0.29, 0.717) is 23.2 Å². The van der Waals surface area contributed by atoms with Crippen molar-refractivity contribution in [2.24, 2.45) is 0 Å². The Kier molecular flexibility index (Phi) is 4.82. The molecule has 2 unspecified atom stereocenters. The summed E-state index contributed by atoms with van der Waals surface area (Å²) >= 11 is 0. The first kappa shape index (κ1) is 18.9. The number of alkyl halides is 1. The molecule has 2 saturated heterocycles. The molecular formula is C21H24FN7O. The molecule has 3 aromatic rings. The highest BCUT2D eigenvalue weighted by atomic mass is 19.1. The largest absolute Gasteiger partial charge is 0.507 e.